The Labute approximate surface area is 293 Å². The number of rotatable bonds is 2. The summed E-state index contributed by atoms with van der Waals surface area (Å²) in [6, 6.07) is 46.8. The molecule has 0 atom stereocenters. The van der Waals surface area contributed by atoms with E-state index in [0.717, 1.165) is 40.3 Å². The SMILES string of the molecule is CC(C)(C)c1c[c-]c(-c2ccc3c(n2)-c2nc(-c4[c-]cc(C(C)(C)C)cc4)ccc2C32c3ccccc3Cc3ccccc32)cc1.[Pt+2]. The smallest absolute Gasteiger partial charge is 0.294 e. The van der Waals surface area contributed by atoms with Gasteiger partial charge in [0, 0.05) is 0 Å². The van der Waals surface area contributed by atoms with Crippen molar-refractivity contribution in [2.45, 2.75) is 64.2 Å². The van der Waals surface area contributed by atoms with Gasteiger partial charge in [-0.05, 0) is 62.0 Å². The van der Waals surface area contributed by atoms with Gasteiger partial charge in [0.25, 0.3) is 0 Å². The third-order valence-corrected chi connectivity index (χ3v) is 9.96. The molecule has 2 heterocycles. The summed E-state index contributed by atoms with van der Waals surface area (Å²) in [4.78, 5) is 10.9. The predicted molar refractivity (Wildman–Crippen MR) is 188 cm³/mol. The Morgan fingerprint density at radius 2 is 0.936 bits per heavy atom. The number of pyridine rings is 2. The van der Waals surface area contributed by atoms with Gasteiger partial charge in [-0.25, -0.2) is 0 Å². The van der Waals surface area contributed by atoms with Crippen LogP contribution in [0.2, 0.25) is 0 Å². The fourth-order valence-corrected chi connectivity index (χ4v) is 7.44. The molecule has 234 valence electrons. The quantitative estimate of drug-likeness (QED) is 0.163. The van der Waals surface area contributed by atoms with E-state index in [0.29, 0.717) is 0 Å². The van der Waals surface area contributed by atoms with Crippen LogP contribution >= 0.6 is 0 Å². The van der Waals surface area contributed by atoms with E-state index in [1.165, 1.54) is 44.5 Å². The first-order valence-corrected chi connectivity index (χ1v) is 16.3. The Balaban J connectivity index is 0.00000351. The van der Waals surface area contributed by atoms with E-state index < -0.39 is 5.41 Å². The molecule has 0 bridgehead atoms. The van der Waals surface area contributed by atoms with Crippen LogP contribution in [0, 0.1) is 12.1 Å². The Hall–Kier alpha value is -4.13. The van der Waals surface area contributed by atoms with Crippen molar-refractivity contribution < 1.29 is 21.1 Å². The maximum atomic E-state index is 5.43. The van der Waals surface area contributed by atoms with Crippen LogP contribution < -0.4 is 0 Å². The summed E-state index contributed by atoms with van der Waals surface area (Å²) in [6.45, 7) is 13.4. The number of benzene rings is 4. The molecule has 0 saturated carbocycles. The average Bonchev–Trinajstić information content (AvgIpc) is 3.34. The molecular formula is C44H38N2Pt. The van der Waals surface area contributed by atoms with Crippen LogP contribution in [-0.4, -0.2) is 9.97 Å². The minimum absolute atomic E-state index is 0. The van der Waals surface area contributed by atoms with Gasteiger partial charge < -0.3 is 0 Å². The molecule has 0 fully saturated rings. The standard InChI is InChI=1S/C44H38N2.Pt/c1-42(2,3)32-19-15-28(16-20-32)38-25-23-36-40(45-38)41-37(24-26-39(46-41)29-17-21-33(22-18-29)43(4,5)6)44(36)34-13-9-7-11-30(34)27-31-12-8-10-14-35(31)44;/h7-15,17,19-26H,27H2,1-6H3;/q-2;+2. The van der Waals surface area contributed by atoms with E-state index in [4.69, 9.17) is 9.97 Å². The summed E-state index contributed by atoms with van der Waals surface area (Å²) < 4.78 is 0. The minimum Gasteiger partial charge on any atom is -0.294 e. The molecule has 2 aliphatic carbocycles. The van der Waals surface area contributed by atoms with Gasteiger partial charge in [0.15, 0.2) is 0 Å². The van der Waals surface area contributed by atoms with Gasteiger partial charge in [0.05, 0.1) is 16.8 Å². The molecular weight excluding hydrogens is 752 g/mol. The van der Waals surface area contributed by atoms with Crippen LogP contribution in [0.3, 0.4) is 0 Å². The van der Waals surface area contributed by atoms with Crippen LogP contribution in [0.5, 0.6) is 0 Å². The number of nitrogens with zero attached hydrogens (tertiary/aromatic N) is 2. The van der Waals surface area contributed by atoms with E-state index in [2.05, 4.69) is 163 Å². The first-order valence-electron chi connectivity index (χ1n) is 16.3. The van der Waals surface area contributed by atoms with Gasteiger partial charge >= 0.3 is 21.1 Å². The average molecular weight is 790 g/mol. The van der Waals surface area contributed by atoms with Crippen LogP contribution in [0.4, 0.5) is 0 Å². The summed E-state index contributed by atoms with van der Waals surface area (Å²) in [7, 11) is 0. The van der Waals surface area contributed by atoms with Crippen molar-refractivity contribution in [3.8, 4) is 33.9 Å². The van der Waals surface area contributed by atoms with Gasteiger partial charge in [-0.15, -0.1) is 70.8 Å². The van der Waals surface area contributed by atoms with Gasteiger partial charge in [-0.1, -0.05) is 114 Å². The number of hydrogen-bond donors (Lipinski definition) is 0. The van der Waals surface area contributed by atoms with Crippen LogP contribution in [0.15, 0.2) is 109 Å². The fourth-order valence-electron chi connectivity index (χ4n) is 7.44. The molecule has 2 aromatic heterocycles. The molecule has 0 amide bonds. The minimum atomic E-state index is -0.493. The van der Waals surface area contributed by atoms with E-state index in [-0.39, 0.29) is 31.9 Å². The van der Waals surface area contributed by atoms with Gasteiger partial charge in [-0.3, -0.25) is 9.97 Å². The molecule has 47 heavy (non-hydrogen) atoms. The van der Waals surface area contributed by atoms with Crippen LogP contribution in [-0.2, 0) is 43.7 Å². The molecule has 0 radical (unpaired) electrons. The van der Waals surface area contributed by atoms with E-state index >= 15 is 0 Å². The monoisotopic (exact) mass is 789 g/mol. The molecule has 2 aliphatic rings. The molecule has 0 N–H and O–H groups in total. The first-order chi connectivity index (χ1) is 22.0. The molecule has 8 rings (SSSR count). The summed E-state index contributed by atoms with van der Waals surface area (Å²) in [5.74, 6) is 0. The number of hydrogen-bond acceptors (Lipinski definition) is 2. The van der Waals surface area contributed by atoms with Crippen molar-refractivity contribution >= 4 is 0 Å². The molecule has 3 heteroatoms. The normalized spacial score (nSPS) is 14.1. The zero-order valence-corrected chi connectivity index (χ0v) is 30.1. The Bertz CT molecular complexity index is 1970. The maximum absolute atomic E-state index is 5.43. The molecule has 0 unspecified atom stereocenters. The zero-order chi connectivity index (χ0) is 31.8. The molecule has 1 spiro atoms. The second-order valence-electron chi connectivity index (χ2n) is 14.9. The van der Waals surface area contributed by atoms with Crippen molar-refractivity contribution in [1.29, 1.82) is 0 Å². The summed E-state index contributed by atoms with van der Waals surface area (Å²) >= 11 is 0. The summed E-state index contributed by atoms with van der Waals surface area (Å²) in [5.41, 5.74) is 15.6. The maximum Gasteiger partial charge on any atom is 2.00 e. The van der Waals surface area contributed by atoms with Gasteiger partial charge in [-0.2, -0.15) is 0 Å². The first kappa shape index (κ1) is 31.5. The third-order valence-electron chi connectivity index (χ3n) is 9.96. The molecule has 6 aromatic rings. The van der Waals surface area contributed by atoms with Gasteiger partial charge in [0.2, 0.25) is 0 Å². The van der Waals surface area contributed by atoms with Crippen molar-refractivity contribution in [3.63, 3.8) is 0 Å². The van der Waals surface area contributed by atoms with Crippen molar-refractivity contribution in [1.82, 2.24) is 9.97 Å². The predicted octanol–water partition coefficient (Wildman–Crippen LogP) is 10.3. The van der Waals surface area contributed by atoms with E-state index in [1.54, 1.807) is 0 Å². The third kappa shape index (κ3) is 4.96. The van der Waals surface area contributed by atoms with Crippen LogP contribution in [0.25, 0.3) is 33.9 Å². The second kappa shape index (κ2) is 11.2. The number of aromatic nitrogens is 2. The second-order valence-corrected chi connectivity index (χ2v) is 14.9. The van der Waals surface area contributed by atoms with Crippen LogP contribution in [0.1, 0.15) is 86.1 Å². The topological polar surface area (TPSA) is 25.8 Å². The summed E-state index contributed by atoms with van der Waals surface area (Å²) in [6.07, 6.45) is 0.917. The number of fused-ring (bicyclic) bond motifs is 9. The van der Waals surface area contributed by atoms with E-state index in [9.17, 15) is 0 Å². The van der Waals surface area contributed by atoms with E-state index in [1.807, 2.05) is 0 Å². The zero-order valence-electron chi connectivity index (χ0n) is 27.8. The molecule has 4 aromatic carbocycles. The van der Waals surface area contributed by atoms with Crippen molar-refractivity contribution in [2.24, 2.45) is 0 Å². The van der Waals surface area contributed by atoms with Gasteiger partial charge in [0.1, 0.15) is 0 Å². The van der Waals surface area contributed by atoms with Crippen molar-refractivity contribution in [3.05, 3.63) is 166 Å². The molecule has 0 aliphatic heterocycles. The Morgan fingerprint density at radius 3 is 1.32 bits per heavy atom. The Kier molecular flexibility index (Phi) is 7.53. The molecule has 0 saturated heterocycles. The fraction of sp³-hybridized carbons (Fsp3) is 0.227. The molecule has 2 nitrogen and oxygen atoms in total. The largest absolute Gasteiger partial charge is 2.00 e. The summed E-state index contributed by atoms with van der Waals surface area (Å²) in [5, 5.41) is 0. The Morgan fingerprint density at radius 1 is 0.511 bits per heavy atom. The van der Waals surface area contributed by atoms with Crippen molar-refractivity contribution in [2.75, 3.05) is 0 Å².